The molecule has 2 unspecified atom stereocenters. The Morgan fingerprint density at radius 3 is 2.63 bits per heavy atom. The SMILES string of the molecule is CN1C2CCC1CN(C(=O)CN1CCNCC1)CC2. The highest BCUT2D eigenvalue weighted by Gasteiger charge is 2.36. The molecule has 2 bridgehead atoms. The molecule has 2 atom stereocenters. The topological polar surface area (TPSA) is 38.8 Å². The molecule has 3 saturated heterocycles. The van der Waals surface area contributed by atoms with Crippen molar-refractivity contribution >= 4 is 5.91 Å². The average molecular weight is 266 g/mol. The Bertz CT molecular complexity index is 329. The van der Waals surface area contributed by atoms with Gasteiger partial charge >= 0.3 is 0 Å². The smallest absolute Gasteiger partial charge is 0.236 e. The molecule has 108 valence electrons. The van der Waals surface area contributed by atoms with E-state index in [9.17, 15) is 4.79 Å². The number of hydrogen-bond acceptors (Lipinski definition) is 4. The number of nitrogens with zero attached hydrogens (tertiary/aromatic N) is 3. The number of rotatable bonds is 2. The summed E-state index contributed by atoms with van der Waals surface area (Å²) in [6.45, 7) is 6.55. The minimum atomic E-state index is 0.336. The van der Waals surface area contributed by atoms with Crippen LogP contribution in [0.4, 0.5) is 0 Å². The van der Waals surface area contributed by atoms with Crippen LogP contribution in [0.3, 0.4) is 0 Å². The van der Waals surface area contributed by atoms with E-state index in [0.29, 0.717) is 24.5 Å². The fourth-order valence-electron chi connectivity index (χ4n) is 3.70. The number of hydrogen-bond donors (Lipinski definition) is 1. The minimum Gasteiger partial charge on any atom is -0.340 e. The largest absolute Gasteiger partial charge is 0.340 e. The van der Waals surface area contributed by atoms with E-state index in [1.54, 1.807) is 0 Å². The second kappa shape index (κ2) is 5.77. The number of fused-ring (bicyclic) bond motifs is 2. The molecule has 3 rings (SSSR count). The van der Waals surface area contributed by atoms with Gasteiger partial charge in [-0.2, -0.15) is 0 Å². The Morgan fingerprint density at radius 1 is 1.11 bits per heavy atom. The molecule has 0 aliphatic carbocycles. The standard InChI is InChI=1S/C14H26N4O/c1-16-12-2-3-13(16)10-18(7-4-12)14(19)11-17-8-5-15-6-9-17/h12-13,15H,2-11H2,1H3. The first-order valence-electron chi connectivity index (χ1n) is 7.67. The van der Waals surface area contributed by atoms with E-state index in [4.69, 9.17) is 0 Å². The maximum Gasteiger partial charge on any atom is 0.236 e. The van der Waals surface area contributed by atoms with E-state index in [0.717, 1.165) is 45.7 Å². The first kappa shape index (κ1) is 13.3. The van der Waals surface area contributed by atoms with Gasteiger partial charge in [0.2, 0.25) is 5.91 Å². The number of likely N-dealkylation sites (tertiary alicyclic amines) is 1. The third-order valence-electron chi connectivity index (χ3n) is 5.07. The van der Waals surface area contributed by atoms with Crippen molar-refractivity contribution in [1.29, 1.82) is 0 Å². The summed E-state index contributed by atoms with van der Waals surface area (Å²) in [6, 6.07) is 1.31. The highest BCUT2D eigenvalue weighted by Crippen LogP contribution is 2.28. The summed E-state index contributed by atoms with van der Waals surface area (Å²) in [5.74, 6) is 0.336. The summed E-state index contributed by atoms with van der Waals surface area (Å²) >= 11 is 0. The predicted octanol–water partition coefficient (Wildman–Crippen LogP) is -0.413. The van der Waals surface area contributed by atoms with Crippen molar-refractivity contribution in [2.75, 3.05) is 52.9 Å². The van der Waals surface area contributed by atoms with Crippen molar-refractivity contribution in [3.63, 3.8) is 0 Å². The zero-order valence-corrected chi connectivity index (χ0v) is 12.0. The van der Waals surface area contributed by atoms with E-state index in [-0.39, 0.29) is 0 Å². The van der Waals surface area contributed by atoms with Gasteiger partial charge in [-0.25, -0.2) is 0 Å². The molecule has 3 heterocycles. The molecule has 0 aromatic heterocycles. The molecular formula is C14H26N4O. The Balaban J connectivity index is 1.55. The Hall–Kier alpha value is -0.650. The van der Waals surface area contributed by atoms with Crippen LogP contribution in [0.1, 0.15) is 19.3 Å². The molecule has 1 N–H and O–H groups in total. The predicted molar refractivity (Wildman–Crippen MR) is 75.1 cm³/mol. The van der Waals surface area contributed by atoms with Gasteiger partial charge in [0.15, 0.2) is 0 Å². The molecule has 3 aliphatic heterocycles. The molecule has 3 fully saturated rings. The van der Waals surface area contributed by atoms with E-state index >= 15 is 0 Å². The third kappa shape index (κ3) is 2.93. The van der Waals surface area contributed by atoms with Crippen molar-refractivity contribution in [2.45, 2.75) is 31.3 Å². The Labute approximate surface area is 115 Å². The van der Waals surface area contributed by atoms with Gasteiger partial charge in [-0.1, -0.05) is 0 Å². The molecule has 3 aliphatic rings. The van der Waals surface area contributed by atoms with Crippen LogP contribution < -0.4 is 5.32 Å². The number of piperazine rings is 1. The van der Waals surface area contributed by atoms with E-state index in [1.165, 1.54) is 12.8 Å². The van der Waals surface area contributed by atoms with Gasteiger partial charge in [0.25, 0.3) is 0 Å². The molecule has 5 heteroatoms. The van der Waals surface area contributed by atoms with E-state index < -0.39 is 0 Å². The maximum atomic E-state index is 12.4. The molecule has 0 aromatic rings. The van der Waals surface area contributed by atoms with E-state index in [1.807, 2.05) is 0 Å². The molecule has 0 aromatic carbocycles. The van der Waals surface area contributed by atoms with Crippen molar-refractivity contribution in [3.05, 3.63) is 0 Å². The van der Waals surface area contributed by atoms with Gasteiger partial charge in [-0.3, -0.25) is 14.6 Å². The molecule has 19 heavy (non-hydrogen) atoms. The molecule has 5 nitrogen and oxygen atoms in total. The van der Waals surface area contributed by atoms with Crippen LogP contribution >= 0.6 is 0 Å². The summed E-state index contributed by atoms with van der Waals surface area (Å²) in [5.41, 5.74) is 0. The van der Waals surface area contributed by atoms with Crippen molar-refractivity contribution < 1.29 is 4.79 Å². The highest BCUT2D eigenvalue weighted by molar-refractivity contribution is 5.78. The fourth-order valence-corrected chi connectivity index (χ4v) is 3.70. The van der Waals surface area contributed by atoms with Gasteiger partial charge < -0.3 is 10.2 Å². The van der Waals surface area contributed by atoms with Crippen LogP contribution in [0.15, 0.2) is 0 Å². The van der Waals surface area contributed by atoms with Crippen LogP contribution in [-0.2, 0) is 4.79 Å². The van der Waals surface area contributed by atoms with Crippen molar-refractivity contribution in [2.24, 2.45) is 0 Å². The van der Waals surface area contributed by atoms with Crippen molar-refractivity contribution in [3.8, 4) is 0 Å². The first-order valence-corrected chi connectivity index (χ1v) is 7.67. The molecule has 0 spiro atoms. The molecule has 1 amide bonds. The normalized spacial score (nSPS) is 33.4. The summed E-state index contributed by atoms with van der Waals surface area (Å²) in [5, 5.41) is 3.33. The number of nitrogens with one attached hydrogen (secondary N) is 1. The Kier molecular flexibility index (Phi) is 4.05. The second-order valence-electron chi connectivity index (χ2n) is 6.21. The molecule has 0 radical (unpaired) electrons. The maximum absolute atomic E-state index is 12.4. The number of carbonyl (C=O) groups is 1. The second-order valence-corrected chi connectivity index (χ2v) is 6.21. The van der Waals surface area contributed by atoms with Crippen LogP contribution in [-0.4, -0.2) is 85.6 Å². The number of amides is 1. The van der Waals surface area contributed by atoms with Crippen LogP contribution in [0.2, 0.25) is 0 Å². The van der Waals surface area contributed by atoms with Crippen LogP contribution in [0.25, 0.3) is 0 Å². The number of likely N-dealkylation sites (N-methyl/N-ethyl adjacent to an activating group) is 1. The Morgan fingerprint density at radius 2 is 1.84 bits per heavy atom. The average Bonchev–Trinajstić information content (AvgIpc) is 2.64. The highest BCUT2D eigenvalue weighted by atomic mass is 16.2. The third-order valence-corrected chi connectivity index (χ3v) is 5.07. The lowest BCUT2D eigenvalue weighted by Crippen LogP contribution is -2.49. The van der Waals surface area contributed by atoms with Gasteiger partial charge in [-0.05, 0) is 26.3 Å². The lowest BCUT2D eigenvalue weighted by atomic mass is 10.1. The van der Waals surface area contributed by atoms with Crippen LogP contribution in [0, 0.1) is 0 Å². The van der Waals surface area contributed by atoms with Crippen LogP contribution in [0.5, 0.6) is 0 Å². The minimum absolute atomic E-state index is 0.336. The molecular weight excluding hydrogens is 240 g/mol. The quantitative estimate of drug-likeness (QED) is 0.737. The van der Waals surface area contributed by atoms with E-state index in [2.05, 4.69) is 27.1 Å². The monoisotopic (exact) mass is 266 g/mol. The number of carbonyl (C=O) groups excluding carboxylic acids is 1. The van der Waals surface area contributed by atoms with Gasteiger partial charge in [0.1, 0.15) is 0 Å². The summed E-state index contributed by atoms with van der Waals surface area (Å²) < 4.78 is 0. The summed E-state index contributed by atoms with van der Waals surface area (Å²) in [4.78, 5) is 19.3. The zero-order chi connectivity index (χ0) is 13.2. The molecule has 0 saturated carbocycles. The summed E-state index contributed by atoms with van der Waals surface area (Å²) in [6.07, 6.45) is 3.74. The van der Waals surface area contributed by atoms with Crippen molar-refractivity contribution in [1.82, 2.24) is 20.0 Å². The van der Waals surface area contributed by atoms with Gasteiger partial charge in [0.05, 0.1) is 6.54 Å². The van der Waals surface area contributed by atoms with Gasteiger partial charge in [-0.15, -0.1) is 0 Å². The lowest BCUT2D eigenvalue weighted by Gasteiger charge is -2.31. The fraction of sp³-hybridized carbons (Fsp3) is 0.929. The zero-order valence-electron chi connectivity index (χ0n) is 12.0. The summed E-state index contributed by atoms with van der Waals surface area (Å²) in [7, 11) is 2.23. The lowest BCUT2D eigenvalue weighted by molar-refractivity contribution is -0.132. The first-order chi connectivity index (χ1) is 9.24. The van der Waals surface area contributed by atoms with Gasteiger partial charge in [0, 0.05) is 51.4 Å².